The van der Waals surface area contributed by atoms with E-state index < -0.39 is 20.2 Å². The highest BCUT2D eigenvalue weighted by molar-refractivity contribution is 7.86. The van der Waals surface area contributed by atoms with Crippen LogP contribution in [0.2, 0.25) is 0 Å². The van der Waals surface area contributed by atoms with Crippen molar-refractivity contribution in [2.24, 2.45) is 10.8 Å². The number of rotatable bonds is 4. The zero-order valence-electron chi connectivity index (χ0n) is 25.9. The molecule has 0 spiro atoms. The van der Waals surface area contributed by atoms with E-state index in [0.717, 1.165) is 0 Å². The maximum absolute atomic E-state index is 10.4. The molecule has 10 N–H and O–H groups in total. The number of nitrogens with two attached hydrogens (primary N) is 2. The number of hydrogen-bond acceptors (Lipinski definition) is 8. The van der Waals surface area contributed by atoms with Crippen molar-refractivity contribution in [1.82, 2.24) is 0 Å². The normalized spacial score (nSPS) is 12.6. The Labute approximate surface area is 242 Å². The first-order valence-corrected chi connectivity index (χ1v) is 15.6. The molecule has 0 saturated heterocycles. The summed E-state index contributed by atoms with van der Waals surface area (Å²) in [4.78, 5) is -0.722. The van der Waals surface area contributed by atoms with Gasteiger partial charge in [-0.15, -0.1) is 0 Å². The van der Waals surface area contributed by atoms with E-state index in [9.17, 15) is 25.9 Å². The second kappa shape index (κ2) is 15.1. The quantitative estimate of drug-likeness (QED) is 0.299. The minimum Gasteiger partial charge on any atom is -0.744 e. The van der Waals surface area contributed by atoms with Crippen LogP contribution in [-0.2, 0) is 20.2 Å². The number of quaternary nitrogens is 2. The lowest BCUT2D eigenvalue weighted by molar-refractivity contribution is -0.471. The Balaban J connectivity index is 0. The molecule has 0 atom stereocenters. The summed E-state index contributed by atoms with van der Waals surface area (Å²) in [5.74, 6) is 0. The SMILES string of the molecule is CC(C)(C)CC(C)(C)[NH3+].CC(C)(C)CC(C)(C)[NH3+].Nc1ccccc1S(=O)(=O)[O-].Nc1ccccc1S(=O)(=O)[O-]. The zero-order chi connectivity index (χ0) is 32.4. The van der Waals surface area contributed by atoms with Crippen molar-refractivity contribution >= 4 is 31.6 Å². The molecule has 0 aliphatic rings. The molecule has 12 heteroatoms. The molecule has 0 radical (unpaired) electrons. The Morgan fingerprint density at radius 1 is 0.575 bits per heavy atom. The largest absolute Gasteiger partial charge is 0.744 e. The van der Waals surface area contributed by atoms with E-state index in [0.29, 0.717) is 10.8 Å². The maximum Gasteiger partial charge on any atom is 0.126 e. The van der Waals surface area contributed by atoms with Crippen LogP contribution in [0.15, 0.2) is 58.3 Å². The van der Waals surface area contributed by atoms with E-state index in [1.807, 2.05) is 0 Å². The number of para-hydroxylation sites is 2. The van der Waals surface area contributed by atoms with E-state index in [2.05, 4.69) is 80.7 Å². The Bertz CT molecular complexity index is 1130. The van der Waals surface area contributed by atoms with Crippen LogP contribution >= 0.6 is 0 Å². The van der Waals surface area contributed by atoms with E-state index in [1.165, 1.54) is 49.2 Å². The fourth-order valence-electron chi connectivity index (χ4n) is 4.29. The molecule has 2 aromatic carbocycles. The van der Waals surface area contributed by atoms with Crippen molar-refractivity contribution in [1.29, 1.82) is 0 Å². The summed E-state index contributed by atoms with van der Waals surface area (Å²) in [5, 5.41) is 0. The van der Waals surface area contributed by atoms with Crippen LogP contribution in [0.5, 0.6) is 0 Å². The molecule has 0 aromatic heterocycles. The average molecular weight is 605 g/mol. The molecule has 0 bridgehead atoms. The Morgan fingerprint density at radius 2 is 0.800 bits per heavy atom. The highest BCUT2D eigenvalue weighted by Crippen LogP contribution is 2.24. The molecule has 10 nitrogen and oxygen atoms in total. The number of hydrogen-bond donors (Lipinski definition) is 4. The standard InChI is InChI=1S/2C8H19N.2C6H7NO3S/c2*1-7(2,3)6-8(4,5)9;2*7-5-3-1-2-4-6(5)11(8,9)10/h2*6,9H2,1-5H3;2*1-4H,7H2,(H,8,9,10). The van der Waals surface area contributed by atoms with Gasteiger partial charge in [-0.2, -0.15) is 0 Å². The lowest BCUT2D eigenvalue weighted by atomic mass is 9.82. The summed E-state index contributed by atoms with van der Waals surface area (Å²) >= 11 is 0. The van der Waals surface area contributed by atoms with Crippen LogP contribution in [0.3, 0.4) is 0 Å². The van der Waals surface area contributed by atoms with Crippen LogP contribution in [0.4, 0.5) is 11.4 Å². The summed E-state index contributed by atoms with van der Waals surface area (Å²) in [6, 6.07) is 11.1. The summed E-state index contributed by atoms with van der Waals surface area (Å²) < 4.78 is 62.5. The summed E-state index contributed by atoms with van der Waals surface area (Å²) in [6.07, 6.45) is 2.36. The smallest absolute Gasteiger partial charge is 0.126 e. The minimum atomic E-state index is -4.41. The Hall–Kier alpha value is -2.22. The number of nitrogen functional groups attached to an aromatic ring is 2. The molecule has 0 aliphatic heterocycles. The third-order valence-electron chi connectivity index (χ3n) is 4.39. The van der Waals surface area contributed by atoms with Gasteiger partial charge in [0, 0.05) is 24.2 Å². The second-order valence-corrected chi connectivity index (χ2v) is 16.5. The van der Waals surface area contributed by atoms with Gasteiger partial charge in [-0.05, 0) is 62.8 Å². The molecular weight excluding hydrogens is 552 g/mol. The van der Waals surface area contributed by atoms with Crippen LogP contribution in [0.1, 0.15) is 82.1 Å². The second-order valence-electron chi connectivity index (χ2n) is 13.8. The molecule has 0 fully saturated rings. The molecule has 2 rings (SSSR count). The van der Waals surface area contributed by atoms with Crippen molar-refractivity contribution in [3.63, 3.8) is 0 Å². The van der Waals surface area contributed by atoms with Crippen molar-refractivity contribution in [2.75, 3.05) is 11.5 Å². The van der Waals surface area contributed by atoms with E-state index in [4.69, 9.17) is 11.5 Å². The van der Waals surface area contributed by atoms with E-state index in [1.54, 1.807) is 12.1 Å². The lowest BCUT2D eigenvalue weighted by Gasteiger charge is -2.25. The van der Waals surface area contributed by atoms with Gasteiger partial charge in [0.1, 0.15) is 20.2 Å². The summed E-state index contributed by atoms with van der Waals surface area (Å²) in [5.41, 5.74) is 19.9. The fourth-order valence-corrected chi connectivity index (χ4v) is 5.49. The van der Waals surface area contributed by atoms with E-state index in [-0.39, 0.29) is 32.2 Å². The van der Waals surface area contributed by atoms with Gasteiger partial charge in [-0.1, -0.05) is 65.8 Å². The van der Waals surface area contributed by atoms with Crippen LogP contribution in [0.25, 0.3) is 0 Å². The Morgan fingerprint density at radius 3 is 0.900 bits per heavy atom. The lowest BCUT2D eigenvalue weighted by Crippen LogP contribution is -2.70. The molecule has 0 amide bonds. The van der Waals surface area contributed by atoms with Crippen LogP contribution in [0, 0.1) is 10.8 Å². The molecule has 232 valence electrons. The van der Waals surface area contributed by atoms with Crippen LogP contribution in [-0.4, -0.2) is 37.0 Å². The molecule has 2 aromatic rings. The first kappa shape index (κ1) is 39.9. The monoisotopic (exact) mass is 604 g/mol. The van der Waals surface area contributed by atoms with Gasteiger partial charge in [0.15, 0.2) is 0 Å². The van der Waals surface area contributed by atoms with Gasteiger partial charge in [-0.25, -0.2) is 16.8 Å². The minimum absolute atomic E-state index is 0.0116. The van der Waals surface area contributed by atoms with Gasteiger partial charge >= 0.3 is 0 Å². The van der Waals surface area contributed by atoms with Crippen LogP contribution < -0.4 is 22.9 Å². The van der Waals surface area contributed by atoms with E-state index >= 15 is 0 Å². The maximum atomic E-state index is 10.4. The summed E-state index contributed by atoms with van der Waals surface area (Å²) in [6.45, 7) is 22.2. The topological polar surface area (TPSA) is 222 Å². The molecule has 40 heavy (non-hydrogen) atoms. The summed E-state index contributed by atoms with van der Waals surface area (Å²) in [7, 11) is -8.82. The third-order valence-corrected chi connectivity index (χ3v) is 6.22. The highest BCUT2D eigenvalue weighted by Gasteiger charge is 2.24. The van der Waals surface area contributed by atoms with Gasteiger partial charge in [-0.3, -0.25) is 0 Å². The van der Waals surface area contributed by atoms with Gasteiger partial charge in [0.25, 0.3) is 0 Å². The van der Waals surface area contributed by atoms with Crippen molar-refractivity contribution in [2.45, 2.75) is 103 Å². The first-order chi connectivity index (χ1) is 17.4. The molecule has 0 saturated carbocycles. The Kier molecular flexibility index (Phi) is 15.1. The van der Waals surface area contributed by atoms with Crippen molar-refractivity contribution in [3.8, 4) is 0 Å². The van der Waals surface area contributed by atoms with Crippen molar-refractivity contribution in [3.05, 3.63) is 48.5 Å². The first-order valence-electron chi connectivity index (χ1n) is 12.8. The molecule has 0 heterocycles. The molecule has 0 unspecified atom stereocenters. The average Bonchev–Trinajstić information content (AvgIpc) is 2.62. The number of anilines is 2. The number of benzene rings is 2. The molecule has 0 aliphatic carbocycles. The zero-order valence-corrected chi connectivity index (χ0v) is 27.5. The van der Waals surface area contributed by atoms with Gasteiger partial charge in [0.05, 0.1) is 20.9 Å². The van der Waals surface area contributed by atoms with Crippen molar-refractivity contribution < 1.29 is 37.4 Å². The third kappa shape index (κ3) is 22.6. The van der Waals surface area contributed by atoms with Gasteiger partial charge in [0.2, 0.25) is 0 Å². The predicted molar refractivity (Wildman–Crippen MR) is 160 cm³/mol. The fraction of sp³-hybridized carbons (Fsp3) is 0.571. The highest BCUT2D eigenvalue weighted by atomic mass is 32.2. The molecular formula is C28H52N4O6S2. The van der Waals surface area contributed by atoms with Gasteiger partial charge < -0.3 is 32.0 Å². The predicted octanol–water partition coefficient (Wildman–Crippen LogP) is 3.23.